The molecule has 0 aromatic heterocycles. The van der Waals surface area contributed by atoms with Crippen LogP contribution in [-0.4, -0.2) is 36.4 Å². The van der Waals surface area contributed by atoms with Crippen molar-refractivity contribution >= 4 is 17.5 Å². The number of amides is 1. The quantitative estimate of drug-likeness (QED) is 0.772. The van der Waals surface area contributed by atoms with E-state index >= 15 is 0 Å². The Bertz CT molecular complexity index is 423. The summed E-state index contributed by atoms with van der Waals surface area (Å²) in [4.78, 5) is 13.7. The Balaban J connectivity index is 3.01. The Kier molecular flexibility index (Phi) is 5.41. The molecule has 0 atom stereocenters. The maximum absolute atomic E-state index is 13.8. The summed E-state index contributed by atoms with van der Waals surface area (Å²) in [6.07, 6.45) is 0. The van der Waals surface area contributed by atoms with Crippen molar-refractivity contribution < 1.29 is 13.9 Å². The van der Waals surface area contributed by atoms with Gasteiger partial charge in [0.1, 0.15) is 11.6 Å². The number of rotatable bonds is 5. The summed E-state index contributed by atoms with van der Waals surface area (Å²) in [5.74, 6) is -0.232. The number of hydrogen-bond acceptors (Lipinski definition) is 2. The molecule has 3 nitrogen and oxygen atoms in total. The molecule has 1 amide bonds. The van der Waals surface area contributed by atoms with Crippen molar-refractivity contribution in [3.8, 4) is 5.75 Å². The highest BCUT2D eigenvalue weighted by molar-refractivity contribution is 6.18. The SMILES string of the molecule is COc1ccc(C(=O)N(CCCl)C(C)C)c(F)c1. The number of hydrogen-bond donors (Lipinski definition) is 0. The Morgan fingerprint density at radius 3 is 2.61 bits per heavy atom. The molecule has 0 spiro atoms. The van der Waals surface area contributed by atoms with Gasteiger partial charge in [0, 0.05) is 24.5 Å². The van der Waals surface area contributed by atoms with E-state index in [1.165, 1.54) is 24.1 Å². The first kappa shape index (κ1) is 14.8. The highest BCUT2D eigenvalue weighted by atomic mass is 35.5. The van der Waals surface area contributed by atoms with Crippen molar-refractivity contribution in [3.63, 3.8) is 0 Å². The van der Waals surface area contributed by atoms with Gasteiger partial charge >= 0.3 is 0 Å². The molecule has 0 aliphatic heterocycles. The summed E-state index contributed by atoms with van der Waals surface area (Å²) in [5.41, 5.74) is 0.0367. The molecule has 0 bridgehead atoms. The van der Waals surface area contributed by atoms with E-state index in [1.807, 2.05) is 13.8 Å². The predicted molar refractivity (Wildman–Crippen MR) is 69.8 cm³/mol. The smallest absolute Gasteiger partial charge is 0.257 e. The molecule has 0 radical (unpaired) electrons. The molecule has 18 heavy (non-hydrogen) atoms. The van der Waals surface area contributed by atoms with Gasteiger partial charge in [-0.05, 0) is 26.0 Å². The van der Waals surface area contributed by atoms with Crippen molar-refractivity contribution in [2.75, 3.05) is 19.5 Å². The average Bonchev–Trinajstić information content (AvgIpc) is 2.34. The summed E-state index contributed by atoms with van der Waals surface area (Å²) >= 11 is 5.65. The van der Waals surface area contributed by atoms with Gasteiger partial charge in [-0.25, -0.2) is 4.39 Å². The van der Waals surface area contributed by atoms with Gasteiger partial charge < -0.3 is 9.64 Å². The summed E-state index contributed by atoms with van der Waals surface area (Å²) in [5, 5.41) is 0. The average molecular weight is 274 g/mol. The van der Waals surface area contributed by atoms with E-state index in [0.29, 0.717) is 18.2 Å². The van der Waals surface area contributed by atoms with Crippen molar-refractivity contribution in [1.29, 1.82) is 0 Å². The van der Waals surface area contributed by atoms with E-state index < -0.39 is 5.82 Å². The maximum Gasteiger partial charge on any atom is 0.257 e. The van der Waals surface area contributed by atoms with Crippen LogP contribution in [0.25, 0.3) is 0 Å². The molecule has 0 N–H and O–H groups in total. The van der Waals surface area contributed by atoms with Gasteiger partial charge in [-0.1, -0.05) is 0 Å². The van der Waals surface area contributed by atoms with Gasteiger partial charge in [-0.3, -0.25) is 4.79 Å². The lowest BCUT2D eigenvalue weighted by atomic mass is 10.1. The standard InChI is InChI=1S/C13H17ClFNO2/c1-9(2)16(7-6-14)13(17)11-5-4-10(18-3)8-12(11)15/h4-5,8-9H,6-7H2,1-3H3. The van der Waals surface area contributed by atoms with E-state index in [4.69, 9.17) is 16.3 Å². The second-order valence-electron chi connectivity index (χ2n) is 4.13. The fourth-order valence-corrected chi connectivity index (χ4v) is 1.82. The molecule has 0 fully saturated rings. The third-order valence-corrected chi connectivity index (χ3v) is 2.79. The van der Waals surface area contributed by atoms with Crippen molar-refractivity contribution in [1.82, 2.24) is 4.90 Å². The molecule has 0 aliphatic rings. The van der Waals surface area contributed by atoms with E-state index in [0.717, 1.165) is 0 Å². The molecular weight excluding hydrogens is 257 g/mol. The van der Waals surface area contributed by atoms with Crippen LogP contribution in [0.2, 0.25) is 0 Å². The first-order valence-corrected chi connectivity index (χ1v) is 6.25. The van der Waals surface area contributed by atoms with Gasteiger partial charge in [-0.2, -0.15) is 0 Å². The zero-order chi connectivity index (χ0) is 13.7. The number of halogens is 2. The minimum absolute atomic E-state index is 0.0299. The Hall–Kier alpha value is -1.29. The summed E-state index contributed by atoms with van der Waals surface area (Å²) in [6, 6.07) is 4.17. The first-order valence-electron chi connectivity index (χ1n) is 5.71. The van der Waals surface area contributed by atoms with Gasteiger partial charge in [0.15, 0.2) is 0 Å². The predicted octanol–water partition coefficient (Wildman–Crippen LogP) is 2.92. The second kappa shape index (κ2) is 6.59. The molecule has 1 aromatic carbocycles. The molecule has 0 aliphatic carbocycles. The van der Waals surface area contributed by atoms with Crippen molar-refractivity contribution in [2.45, 2.75) is 19.9 Å². The van der Waals surface area contributed by atoms with Crippen LogP contribution < -0.4 is 4.74 Å². The Labute approximate surface area is 111 Å². The lowest BCUT2D eigenvalue weighted by Crippen LogP contribution is -2.38. The monoisotopic (exact) mass is 273 g/mol. The number of alkyl halides is 1. The number of nitrogens with zero attached hydrogens (tertiary/aromatic N) is 1. The van der Waals surface area contributed by atoms with Gasteiger partial charge in [-0.15, -0.1) is 11.6 Å². The van der Waals surface area contributed by atoms with Crippen LogP contribution in [0.5, 0.6) is 5.75 Å². The molecule has 0 saturated heterocycles. The van der Waals surface area contributed by atoms with E-state index in [2.05, 4.69) is 0 Å². The molecule has 1 rings (SSSR count). The van der Waals surface area contributed by atoms with Crippen LogP contribution in [0.15, 0.2) is 18.2 Å². The largest absolute Gasteiger partial charge is 0.497 e. The van der Waals surface area contributed by atoms with Crippen LogP contribution in [0.1, 0.15) is 24.2 Å². The zero-order valence-electron chi connectivity index (χ0n) is 10.7. The molecule has 5 heteroatoms. The van der Waals surface area contributed by atoms with E-state index in [9.17, 15) is 9.18 Å². The lowest BCUT2D eigenvalue weighted by molar-refractivity contribution is 0.0713. The van der Waals surface area contributed by atoms with Gasteiger partial charge in [0.2, 0.25) is 0 Å². The molecule has 100 valence electrons. The topological polar surface area (TPSA) is 29.5 Å². The fourth-order valence-electron chi connectivity index (χ4n) is 1.64. The third kappa shape index (κ3) is 3.35. The first-order chi connectivity index (χ1) is 8.51. The Morgan fingerprint density at radius 1 is 1.50 bits per heavy atom. The number of benzene rings is 1. The number of methoxy groups -OCH3 is 1. The number of ether oxygens (including phenoxy) is 1. The van der Waals surface area contributed by atoms with Crippen LogP contribution in [-0.2, 0) is 0 Å². The molecular formula is C13H17ClFNO2. The summed E-state index contributed by atoms with van der Waals surface area (Å²) in [6.45, 7) is 4.13. The summed E-state index contributed by atoms with van der Waals surface area (Å²) in [7, 11) is 1.45. The summed E-state index contributed by atoms with van der Waals surface area (Å²) < 4.78 is 18.7. The lowest BCUT2D eigenvalue weighted by Gasteiger charge is -2.26. The number of carbonyl (C=O) groups is 1. The van der Waals surface area contributed by atoms with Crippen molar-refractivity contribution in [3.05, 3.63) is 29.6 Å². The van der Waals surface area contributed by atoms with Crippen LogP contribution in [0.4, 0.5) is 4.39 Å². The normalized spacial score (nSPS) is 10.6. The van der Waals surface area contributed by atoms with Gasteiger partial charge in [0.25, 0.3) is 5.91 Å². The molecule has 0 heterocycles. The highest BCUT2D eigenvalue weighted by Gasteiger charge is 2.21. The highest BCUT2D eigenvalue weighted by Crippen LogP contribution is 2.18. The molecule has 1 aromatic rings. The number of carbonyl (C=O) groups excluding carboxylic acids is 1. The third-order valence-electron chi connectivity index (χ3n) is 2.62. The fraction of sp³-hybridized carbons (Fsp3) is 0.462. The van der Waals surface area contributed by atoms with E-state index in [1.54, 1.807) is 6.07 Å². The van der Waals surface area contributed by atoms with Crippen LogP contribution in [0.3, 0.4) is 0 Å². The van der Waals surface area contributed by atoms with Crippen molar-refractivity contribution in [2.24, 2.45) is 0 Å². The Morgan fingerprint density at radius 2 is 2.17 bits per heavy atom. The van der Waals surface area contributed by atoms with E-state index in [-0.39, 0.29) is 17.5 Å². The minimum Gasteiger partial charge on any atom is -0.497 e. The van der Waals surface area contributed by atoms with Crippen LogP contribution in [0, 0.1) is 5.82 Å². The van der Waals surface area contributed by atoms with Gasteiger partial charge in [0.05, 0.1) is 12.7 Å². The molecule has 0 unspecified atom stereocenters. The maximum atomic E-state index is 13.8. The zero-order valence-corrected chi connectivity index (χ0v) is 11.5. The minimum atomic E-state index is -0.584. The molecule has 0 saturated carbocycles. The second-order valence-corrected chi connectivity index (χ2v) is 4.51. The van der Waals surface area contributed by atoms with Crippen LogP contribution >= 0.6 is 11.6 Å².